The molecule has 0 radical (unpaired) electrons. The second-order valence-electron chi connectivity index (χ2n) is 4.01. The Balaban J connectivity index is 1.67. The lowest BCUT2D eigenvalue weighted by molar-refractivity contribution is 0.334. The van der Waals surface area contributed by atoms with Gasteiger partial charge in [-0.15, -0.1) is 0 Å². The number of likely N-dealkylation sites (tertiary alicyclic amines) is 1. The Labute approximate surface area is 86.0 Å². The Hall–Kier alpha value is -0.890. The van der Waals surface area contributed by atoms with Crippen LogP contribution in [0.4, 0.5) is 0 Å². The first-order valence-electron chi connectivity index (χ1n) is 5.56. The molecule has 0 N–H and O–H groups in total. The highest BCUT2D eigenvalue weighted by atomic mass is 15.1. The summed E-state index contributed by atoms with van der Waals surface area (Å²) in [6, 6.07) is 4.23. The van der Waals surface area contributed by atoms with Gasteiger partial charge in [-0.2, -0.15) is 0 Å². The maximum atomic E-state index is 4.02. The highest BCUT2D eigenvalue weighted by Gasteiger charge is 2.09. The van der Waals surface area contributed by atoms with Crippen LogP contribution in [0.15, 0.2) is 24.5 Å². The molecule has 2 heteroatoms. The van der Waals surface area contributed by atoms with Gasteiger partial charge in [-0.3, -0.25) is 4.98 Å². The molecule has 0 aromatic carbocycles. The average molecular weight is 190 g/mol. The molecule has 0 spiro atoms. The minimum atomic E-state index is 1.19. The monoisotopic (exact) mass is 190 g/mol. The first kappa shape index (κ1) is 9.66. The summed E-state index contributed by atoms with van der Waals surface area (Å²) >= 11 is 0. The molecular weight excluding hydrogens is 172 g/mol. The van der Waals surface area contributed by atoms with Gasteiger partial charge < -0.3 is 4.90 Å². The Morgan fingerprint density at radius 1 is 1.14 bits per heavy atom. The van der Waals surface area contributed by atoms with Gasteiger partial charge in [0.15, 0.2) is 0 Å². The van der Waals surface area contributed by atoms with Crippen LogP contribution < -0.4 is 0 Å². The zero-order valence-electron chi connectivity index (χ0n) is 8.65. The van der Waals surface area contributed by atoms with Crippen molar-refractivity contribution in [2.45, 2.75) is 25.7 Å². The van der Waals surface area contributed by atoms with Crippen molar-refractivity contribution in [2.24, 2.45) is 0 Å². The molecule has 1 aliphatic heterocycles. The normalized spacial score (nSPS) is 17.4. The molecule has 1 aromatic rings. The van der Waals surface area contributed by atoms with E-state index < -0.39 is 0 Å². The van der Waals surface area contributed by atoms with Gasteiger partial charge in [-0.05, 0) is 63.0 Å². The minimum Gasteiger partial charge on any atom is -0.303 e. The third-order valence-electron chi connectivity index (χ3n) is 2.89. The van der Waals surface area contributed by atoms with Crippen LogP contribution in [0.5, 0.6) is 0 Å². The fourth-order valence-corrected chi connectivity index (χ4v) is 2.06. The van der Waals surface area contributed by atoms with Crippen LogP contribution >= 0.6 is 0 Å². The Morgan fingerprint density at radius 3 is 2.57 bits per heavy atom. The number of nitrogens with zero attached hydrogens (tertiary/aromatic N) is 2. The van der Waals surface area contributed by atoms with Crippen molar-refractivity contribution >= 4 is 0 Å². The molecule has 0 bridgehead atoms. The summed E-state index contributed by atoms with van der Waals surface area (Å²) in [7, 11) is 0. The lowest BCUT2D eigenvalue weighted by Crippen LogP contribution is -2.20. The molecule has 1 aliphatic rings. The Bertz CT molecular complexity index is 252. The van der Waals surface area contributed by atoms with Crippen LogP contribution in [-0.2, 0) is 6.42 Å². The lowest BCUT2D eigenvalue weighted by Gasteiger charge is -2.13. The summed E-state index contributed by atoms with van der Waals surface area (Å²) < 4.78 is 0. The summed E-state index contributed by atoms with van der Waals surface area (Å²) in [5.41, 5.74) is 1.42. The molecular formula is C12H18N2. The number of rotatable bonds is 4. The van der Waals surface area contributed by atoms with Crippen molar-refractivity contribution in [3.05, 3.63) is 30.1 Å². The van der Waals surface area contributed by atoms with E-state index in [2.05, 4.69) is 22.0 Å². The molecule has 2 rings (SSSR count). The van der Waals surface area contributed by atoms with E-state index in [0.29, 0.717) is 0 Å². The summed E-state index contributed by atoms with van der Waals surface area (Å²) in [4.78, 5) is 6.59. The van der Waals surface area contributed by atoms with Crippen molar-refractivity contribution in [3.8, 4) is 0 Å². The first-order valence-corrected chi connectivity index (χ1v) is 5.56. The van der Waals surface area contributed by atoms with E-state index in [1.165, 1.54) is 50.9 Å². The topological polar surface area (TPSA) is 16.1 Å². The van der Waals surface area contributed by atoms with E-state index in [0.717, 1.165) is 0 Å². The molecule has 1 fully saturated rings. The molecule has 2 heterocycles. The van der Waals surface area contributed by atoms with Crippen LogP contribution in [0.2, 0.25) is 0 Å². The molecule has 1 saturated heterocycles. The number of aromatic nitrogens is 1. The van der Waals surface area contributed by atoms with Gasteiger partial charge in [-0.25, -0.2) is 0 Å². The molecule has 0 aliphatic carbocycles. The van der Waals surface area contributed by atoms with Crippen LogP contribution in [0.25, 0.3) is 0 Å². The largest absolute Gasteiger partial charge is 0.303 e. The van der Waals surface area contributed by atoms with E-state index in [1.54, 1.807) is 0 Å². The lowest BCUT2D eigenvalue weighted by atomic mass is 10.1. The fraction of sp³-hybridized carbons (Fsp3) is 0.583. The van der Waals surface area contributed by atoms with Gasteiger partial charge in [-0.1, -0.05) is 0 Å². The van der Waals surface area contributed by atoms with Gasteiger partial charge in [0.1, 0.15) is 0 Å². The summed E-state index contributed by atoms with van der Waals surface area (Å²) in [5.74, 6) is 0. The third kappa shape index (κ3) is 2.81. The van der Waals surface area contributed by atoms with Crippen molar-refractivity contribution in [3.63, 3.8) is 0 Å². The first-order chi connectivity index (χ1) is 6.95. The van der Waals surface area contributed by atoms with Crippen molar-refractivity contribution in [2.75, 3.05) is 19.6 Å². The van der Waals surface area contributed by atoms with Gasteiger partial charge in [0.05, 0.1) is 0 Å². The predicted molar refractivity (Wildman–Crippen MR) is 58.2 cm³/mol. The van der Waals surface area contributed by atoms with Crippen LogP contribution in [0.3, 0.4) is 0 Å². The molecule has 0 amide bonds. The minimum absolute atomic E-state index is 1.19. The van der Waals surface area contributed by atoms with Crippen molar-refractivity contribution < 1.29 is 0 Å². The second-order valence-corrected chi connectivity index (χ2v) is 4.01. The summed E-state index contributed by atoms with van der Waals surface area (Å²) in [6.07, 6.45) is 9.03. The zero-order valence-corrected chi connectivity index (χ0v) is 8.65. The standard InChI is InChI=1S/C12H18N2/c1-2-10-14(9-1)11-3-4-12-5-7-13-8-6-12/h5-8H,1-4,9-11H2. The van der Waals surface area contributed by atoms with E-state index >= 15 is 0 Å². The van der Waals surface area contributed by atoms with E-state index in [-0.39, 0.29) is 0 Å². The fourth-order valence-electron chi connectivity index (χ4n) is 2.06. The van der Waals surface area contributed by atoms with Gasteiger partial charge in [0.2, 0.25) is 0 Å². The number of hydrogen-bond donors (Lipinski definition) is 0. The van der Waals surface area contributed by atoms with Crippen LogP contribution in [-0.4, -0.2) is 29.5 Å². The third-order valence-corrected chi connectivity index (χ3v) is 2.89. The van der Waals surface area contributed by atoms with Crippen molar-refractivity contribution in [1.82, 2.24) is 9.88 Å². The van der Waals surface area contributed by atoms with Gasteiger partial charge in [0, 0.05) is 12.4 Å². The molecule has 14 heavy (non-hydrogen) atoms. The average Bonchev–Trinajstić information content (AvgIpc) is 2.72. The van der Waals surface area contributed by atoms with Crippen LogP contribution in [0.1, 0.15) is 24.8 Å². The highest BCUT2D eigenvalue weighted by Crippen LogP contribution is 2.09. The zero-order chi connectivity index (χ0) is 9.64. The van der Waals surface area contributed by atoms with Gasteiger partial charge >= 0.3 is 0 Å². The maximum absolute atomic E-state index is 4.02. The molecule has 0 atom stereocenters. The second kappa shape index (κ2) is 5.11. The highest BCUT2D eigenvalue weighted by molar-refractivity contribution is 5.09. The molecule has 0 unspecified atom stereocenters. The predicted octanol–water partition coefficient (Wildman–Crippen LogP) is 2.11. The van der Waals surface area contributed by atoms with E-state index in [4.69, 9.17) is 0 Å². The van der Waals surface area contributed by atoms with E-state index in [9.17, 15) is 0 Å². The summed E-state index contributed by atoms with van der Waals surface area (Å²) in [6.45, 7) is 3.90. The number of pyridine rings is 1. The van der Waals surface area contributed by atoms with Crippen LogP contribution in [0, 0.1) is 0 Å². The molecule has 76 valence electrons. The smallest absolute Gasteiger partial charge is 0.0270 e. The SMILES string of the molecule is c1cc(CCCN2CCCC2)ccn1. The Kier molecular flexibility index (Phi) is 3.52. The number of aryl methyl sites for hydroxylation is 1. The molecule has 2 nitrogen and oxygen atoms in total. The quantitative estimate of drug-likeness (QED) is 0.723. The summed E-state index contributed by atoms with van der Waals surface area (Å²) in [5, 5.41) is 0. The van der Waals surface area contributed by atoms with Gasteiger partial charge in [0.25, 0.3) is 0 Å². The van der Waals surface area contributed by atoms with Crippen molar-refractivity contribution in [1.29, 1.82) is 0 Å². The Morgan fingerprint density at radius 2 is 1.86 bits per heavy atom. The molecule has 0 saturated carbocycles. The molecule has 1 aromatic heterocycles. The maximum Gasteiger partial charge on any atom is 0.0270 e. The van der Waals surface area contributed by atoms with E-state index in [1.807, 2.05) is 12.4 Å². The number of hydrogen-bond acceptors (Lipinski definition) is 2.